The average Bonchev–Trinajstić information content (AvgIpc) is 2.90. The Morgan fingerprint density at radius 3 is 2.21 bits per heavy atom. The molecule has 0 aliphatic rings. The van der Waals surface area contributed by atoms with E-state index in [9.17, 15) is 18.0 Å². The fraction of sp³-hybridized carbons (Fsp3) is 0.310. The van der Waals surface area contributed by atoms with Crippen molar-refractivity contribution in [2.45, 2.75) is 51.2 Å². The van der Waals surface area contributed by atoms with Gasteiger partial charge in [-0.3, -0.25) is 13.9 Å². The second-order valence-electron chi connectivity index (χ2n) is 9.51. The van der Waals surface area contributed by atoms with Gasteiger partial charge in [-0.05, 0) is 81.8 Å². The van der Waals surface area contributed by atoms with Gasteiger partial charge in [-0.15, -0.1) is 0 Å². The predicted octanol–water partition coefficient (Wildman–Crippen LogP) is 4.79. The Balaban J connectivity index is 2.03. The maximum atomic E-state index is 13.9. The van der Waals surface area contributed by atoms with E-state index in [1.807, 2.05) is 26.8 Å². The summed E-state index contributed by atoms with van der Waals surface area (Å²) in [6.45, 7) is 6.68. The molecule has 3 rings (SSSR count). The molecule has 10 heteroatoms. The molecular weight excluding hydrogens is 538 g/mol. The molecule has 2 amide bonds. The molecular formula is C29H34ClN3O5S. The number of benzene rings is 3. The zero-order chi connectivity index (χ0) is 28.7. The molecule has 3 aromatic carbocycles. The number of hydrogen-bond acceptors (Lipinski definition) is 5. The van der Waals surface area contributed by atoms with E-state index in [-0.39, 0.29) is 29.1 Å². The number of aryl methyl sites for hydroxylation is 1. The SMILES string of the molecule is COc1cccc(CN(C(=O)CN(c2ccc(Cl)cc2)S(=O)(=O)c2ccc(C)cc2)[C@@H](C)C(=O)NC(C)C)c1. The zero-order valence-electron chi connectivity index (χ0n) is 22.7. The minimum atomic E-state index is -4.14. The highest BCUT2D eigenvalue weighted by atomic mass is 35.5. The van der Waals surface area contributed by atoms with Crippen molar-refractivity contribution < 1.29 is 22.7 Å². The number of nitrogens with one attached hydrogen (secondary N) is 1. The number of halogens is 1. The summed E-state index contributed by atoms with van der Waals surface area (Å²) in [5.41, 5.74) is 1.90. The van der Waals surface area contributed by atoms with Gasteiger partial charge in [-0.25, -0.2) is 8.42 Å². The van der Waals surface area contributed by atoms with Gasteiger partial charge in [0.25, 0.3) is 10.0 Å². The molecule has 0 aromatic heterocycles. The minimum absolute atomic E-state index is 0.0424. The lowest BCUT2D eigenvalue weighted by Gasteiger charge is -2.32. The van der Waals surface area contributed by atoms with E-state index >= 15 is 0 Å². The van der Waals surface area contributed by atoms with Crippen molar-refractivity contribution in [1.82, 2.24) is 10.2 Å². The molecule has 0 radical (unpaired) electrons. The van der Waals surface area contributed by atoms with Crippen LogP contribution in [0.25, 0.3) is 0 Å². The van der Waals surface area contributed by atoms with Gasteiger partial charge in [0, 0.05) is 17.6 Å². The third kappa shape index (κ3) is 7.74. The highest BCUT2D eigenvalue weighted by Gasteiger charge is 2.32. The van der Waals surface area contributed by atoms with Gasteiger partial charge in [0.15, 0.2) is 0 Å². The van der Waals surface area contributed by atoms with Gasteiger partial charge in [0.1, 0.15) is 18.3 Å². The Labute approximate surface area is 235 Å². The number of nitrogens with zero attached hydrogens (tertiary/aromatic N) is 2. The van der Waals surface area contributed by atoms with Crippen molar-refractivity contribution in [2.24, 2.45) is 0 Å². The number of anilines is 1. The normalized spacial score (nSPS) is 12.1. The number of amides is 2. The number of carbonyl (C=O) groups excluding carboxylic acids is 2. The van der Waals surface area contributed by atoms with Crippen LogP contribution in [0.2, 0.25) is 5.02 Å². The summed E-state index contributed by atoms with van der Waals surface area (Å²) < 4.78 is 34.0. The monoisotopic (exact) mass is 571 g/mol. The van der Waals surface area contributed by atoms with E-state index in [0.29, 0.717) is 10.8 Å². The van der Waals surface area contributed by atoms with Crippen LogP contribution >= 0.6 is 11.6 Å². The number of carbonyl (C=O) groups is 2. The quantitative estimate of drug-likeness (QED) is 0.357. The molecule has 0 heterocycles. The first-order valence-electron chi connectivity index (χ1n) is 12.5. The Morgan fingerprint density at radius 2 is 1.62 bits per heavy atom. The predicted molar refractivity (Wildman–Crippen MR) is 153 cm³/mol. The molecule has 208 valence electrons. The lowest BCUT2D eigenvalue weighted by Crippen LogP contribution is -2.52. The first-order valence-corrected chi connectivity index (χ1v) is 14.3. The van der Waals surface area contributed by atoms with Crippen molar-refractivity contribution in [1.29, 1.82) is 0 Å². The van der Waals surface area contributed by atoms with Crippen molar-refractivity contribution in [3.05, 3.63) is 88.9 Å². The molecule has 3 aromatic rings. The summed E-state index contributed by atoms with van der Waals surface area (Å²) >= 11 is 6.06. The Kier molecular flexibility index (Phi) is 9.99. The summed E-state index contributed by atoms with van der Waals surface area (Å²) in [6, 6.07) is 18.8. The molecule has 39 heavy (non-hydrogen) atoms. The molecule has 0 saturated heterocycles. The van der Waals surface area contributed by atoms with Gasteiger partial charge >= 0.3 is 0 Å². The summed E-state index contributed by atoms with van der Waals surface area (Å²) in [5, 5.41) is 3.26. The maximum Gasteiger partial charge on any atom is 0.264 e. The van der Waals surface area contributed by atoms with Gasteiger partial charge in [0.05, 0.1) is 17.7 Å². The van der Waals surface area contributed by atoms with E-state index in [4.69, 9.17) is 16.3 Å². The number of methoxy groups -OCH3 is 1. The third-order valence-electron chi connectivity index (χ3n) is 6.09. The second-order valence-corrected chi connectivity index (χ2v) is 11.8. The fourth-order valence-electron chi connectivity index (χ4n) is 3.93. The highest BCUT2D eigenvalue weighted by Crippen LogP contribution is 2.26. The van der Waals surface area contributed by atoms with Crippen LogP contribution in [0.15, 0.2) is 77.7 Å². The fourth-order valence-corrected chi connectivity index (χ4v) is 5.47. The van der Waals surface area contributed by atoms with Crippen LogP contribution in [0, 0.1) is 6.92 Å². The standard InChI is InChI=1S/C29H34ClN3O5S/c1-20(2)31-29(35)22(4)32(18-23-7-6-8-26(17-23)38-5)28(34)19-33(25-13-11-24(30)12-14-25)39(36,37)27-15-9-21(3)10-16-27/h6-17,20,22H,18-19H2,1-5H3,(H,31,35)/t22-/m0/s1. The van der Waals surface area contributed by atoms with E-state index < -0.39 is 28.5 Å². The van der Waals surface area contributed by atoms with E-state index in [1.54, 1.807) is 68.6 Å². The summed E-state index contributed by atoms with van der Waals surface area (Å²) in [7, 11) is -2.60. The smallest absolute Gasteiger partial charge is 0.264 e. The molecule has 0 bridgehead atoms. The first kappa shape index (κ1) is 30.0. The number of hydrogen-bond donors (Lipinski definition) is 1. The molecule has 0 aliphatic carbocycles. The van der Waals surface area contributed by atoms with Crippen LogP contribution in [0.4, 0.5) is 5.69 Å². The third-order valence-corrected chi connectivity index (χ3v) is 8.13. The van der Waals surface area contributed by atoms with Crippen molar-refractivity contribution >= 4 is 39.1 Å². The van der Waals surface area contributed by atoms with Crippen LogP contribution < -0.4 is 14.4 Å². The summed E-state index contributed by atoms with van der Waals surface area (Å²) in [5.74, 6) is -0.292. The van der Waals surface area contributed by atoms with Crippen LogP contribution in [0.5, 0.6) is 5.75 Å². The first-order chi connectivity index (χ1) is 18.4. The number of rotatable bonds is 11. The van der Waals surface area contributed by atoms with Gasteiger partial charge in [-0.1, -0.05) is 41.4 Å². The molecule has 0 fully saturated rings. The molecule has 0 unspecified atom stereocenters. The van der Waals surface area contributed by atoms with Crippen molar-refractivity contribution in [2.75, 3.05) is 18.0 Å². The van der Waals surface area contributed by atoms with Gasteiger partial charge < -0.3 is 15.0 Å². The molecule has 0 saturated carbocycles. The maximum absolute atomic E-state index is 13.9. The summed E-state index contributed by atoms with van der Waals surface area (Å²) in [4.78, 5) is 28.3. The van der Waals surface area contributed by atoms with E-state index in [0.717, 1.165) is 15.4 Å². The minimum Gasteiger partial charge on any atom is -0.497 e. The molecule has 0 spiro atoms. The van der Waals surface area contributed by atoms with E-state index in [2.05, 4.69) is 5.32 Å². The van der Waals surface area contributed by atoms with Crippen molar-refractivity contribution in [3.8, 4) is 5.75 Å². The number of sulfonamides is 1. The highest BCUT2D eigenvalue weighted by molar-refractivity contribution is 7.92. The Hall–Kier alpha value is -3.56. The topological polar surface area (TPSA) is 96.0 Å². The molecule has 0 aliphatic heterocycles. The zero-order valence-corrected chi connectivity index (χ0v) is 24.3. The molecule has 8 nitrogen and oxygen atoms in total. The van der Waals surface area contributed by atoms with E-state index in [1.165, 1.54) is 17.0 Å². The number of ether oxygens (including phenoxy) is 1. The average molecular weight is 572 g/mol. The second kappa shape index (κ2) is 13.0. The Bertz CT molecular complexity index is 1390. The van der Waals surface area contributed by atoms with Gasteiger partial charge in [0.2, 0.25) is 11.8 Å². The molecule has 1 atom stereocenters. The lowest BCUT2D eigenvalue weighted by atomic mass is 10.1. The Morgan fingerprint density at radius 1 is 0.974 bits per heavy atom. The van der Waals surface area contributed by atoms with Crippen LogP contribution in [-0.4, -0.2) is 50.9 Å². The van der Waals surface area contributed by atoms with Crippen LogP contribution in [-0.2, 0) is 26.2 Å². The van der Waals surface area contributed by atoms with Crippen molar-refractivity contribution in [3.63, 3.8) is 0 Å². The van der Waals surface area contributed by atoms with Crippen LogP contribution in [0.1, 0.15) is 31.9 Å². The van der Waals surface area contributed by atoms with Gasteiger partial charge in [-0.2, -0.15) is 0 Å². The van der Waals surface area contributed by atoms with Crippen LogP contribution in [0.3, 0.4) is 0 Å². The largest absolute Gasteiger partial charge is 0.497 e. The molecule has 1 N–H and O–H groups in total. The summed E-state index contributed by atoms with van der Waals surface area (Å²) in [6.07, 6.45) is 0. The lowest BCUT2D eigenvalue weighted by molar-refractivity contribution is -0.139.